The smallest absolute Gasteiger partial charge is 0.137 e. The van der Waals surface area contributed by atoms with E-state index in [4.69, 9.17) is 4.98 Å². The Labute approximate surface area is 172 Å². The van der Waals surface area contributed by atoms with Crippen molar-refractivity contribution in [3.05, 3.63) is 72.7 Å². The van der Waals surface area contributed by atoms with Gasteiger partial charge in [0.15, 0.2) is 0 Å². The number of benzene rings is 2. The van der Waals surface area contributed by atoms with Gasteiger partial charge >= 0.3 is 0 Å². The average Bonchev–Trinajstić information content (AvgIpc) is 3.39. The van der Waals surface area contributed by atoms with Gasteiger partial charge < -0.3 is 4.90 Å². The number of thiophene rings is 1. The Kier molecular flexibility index (Phi) is 4.79. The van der Waals surface area contributed by atoms with Crippen molar-refractivity contribution < 1.29 is 4.39 Å². The number of fused-ring (bicyclic) bond motifs is 1. The number of halogens is 1. The van der Waals surface area contributed by atoms with Crippen LogP contribution in [0.2, 0.25) is 0 Å². The van der Waals surface area contributed by atoms with E-state index in [1.165, 1.54) is 45.5 Å². The summed E-state index contributed by atoms with van der Waals surface area (Å²) in [7, 11) is 0. The second kappa shape index (κ2) is 7.57. The lowest BCUT2D eigenvalue weighted by atomic mass is 10.2. The highest BCUT2D eigenvalue weighted by Crippen LogP contribution is 2.41. The van der Waals surface area contributed by atoms with E-state index in [2.05, 4.69) is 41.3 Å². The maximum absolute atomic E-state index is 13.2. The van der Waals surface area contributed by atoms with Crippen LogP contribution in [0.3, 0.4) is 0 Å². The van der Waals surface area contributed by atoms with E-state index in [1.54, 1.807) is 11.8 Å². The van der Waals surface area contributed by atoms with Gasteiger partial charge in [-0.3, -0.25) is 0 Å². The molecule has 5 rings (SSSR count). The number of pyridine rings is 1. The Morgan fingerprint density at radius 2 is 1.71 bits per heavy atom. The molecule has 140 valence electrons. The lowest BCUT2D eigenvalue weighted by Crippen LogP contribution is -2.19. The van der Waals surface area contributed by atoms with Crippen molar-refractivity contribution >= 4 is 39.0 Å². The number of anilines is 1. The molecular weight excluding hydrogens is 387 g/mol. The van der Waals surface area contributed by atoms with E-state index < -0.39 is 0 Å². The molecule has 0 amide bonds. The maximum atomic E-state index is 13.2. The third-order valence-corrected chi connectivity index (χ3v) is 7.10. The lowest BCUT2D eigenvalue weighted by Gasteiger charge is -2.20. The number of nitrogens with zero attached hydrogens (tertiary/aromatic N) is 2. The third kappa shape index (κ3) is 3.52. The summed E-state index contributed by atoms with van der Waals surface area (Å²) in [6, 6.07) is 19.6. The average molecular weight is 407 g/mol. The van der Waals surface area contributed by atoms with E-state index >= 15 is 0 Å². The van der Waals surface area contributed by atoms with Crippen LogP contribution in [0.15, 0.2) is 76.7 Å². The first kappa shape index (κ1) is 17.7. The summed E-state index contributed by atoms with van der Waals surface area (Å²) in [6.07, 6.45) is 4.39. The van der Waals surface area contributed by atoms with Crippen LogP contribution in [-0.2, 0) is 0 Å². The monoisotopic (exact) mass is 406 g/mol. The standard InChI is InChI=1S/C23H19FN2S2/c24-17-7-9-18(10-8-17)27-19-14-20(23(25-15-19)26-11-3-4-12-26)22-13-16-5-1-2-6-21(16)28-22/h1-2,5-10,13-15H,3-4,11-12H2. The molecule has 2 aromatic carbocycles. The lowest BCUT2D eigenvalue weighted by molar-refractivity contribution is 0.626. The summed E-state index contributed by atoms with van der Waals surface area (Å²) in [6.45, 7) is 2.13. The Morgan fingerprint density at radius 1 is 0.929 bits per heavy atom. The maximum Gasteiger partial charge on any atom is 0.137 e. The molecule has 0 spiro atoms. The Hall–Kier alpha value is -2.37. The molecule has 0 unspecified atom stereocenters. The van der Waals surface area contributed by atoms with Crippen molar-refractivity contribution in [3.8, 4) is 10.4 Å². The molecule has 2 aromatic heterocycles. The number of hydrogen-bond donors (Lipinski definition) is 0. The molecule has 5 heteroatoms. The van der Waals surface area contributed by atoms with Crippen molar-refractivity contribution in [2.45, 2.75) is 22.6 Å². The molecule has 28 heavy (non-hydrogen) atoms. The predicted molar refractivity (Wildman–Crippen MR) is 117 cm³/mol. The number of rotatable bonds is 4. The minimum atomic E-state index is -0.210. The second-order valence-electron chi connectivity index (χ2n) is 6.94. The molecule has 0 saturated carbocycles. The molecule has 4 aromatic rings. The van der Waals surface area contributed by atoms with Gasteiger partial charge in [-0.25, -0.2) is 9.37 Å². The Bertz CT molecular complexity index is 1080. The normalized spacial score (nSPS) is 14.1. The van der Waals surface area contributed by atoms with Gasteiger partial charge in [-0.2, -0.15) is 0 Å². The van der Waals surface area contributed by atoms with E-state index in [1.807, 2.05) is 29.7 Å². The fourth-order valence-corrected chi connectivity index (χ4v) is 5.51. The van der Waals surface area contributed by atoms with Gasteiger partial charge in [0.1, 0.15) is 11.6 Å². The molecule has 0 bridgehead atoms. The van der Waals surface area contributed by atoms with E-state index in [-0.39, 0.29) is 5.82 Å². The quantitative estimate of drug-likeness (QED) is 0.368. The van der Waals surface area contributed by atoms with Crippen LogP contribution in [0.1, 0.15) is 12.8 Å². The third-order valence-electron chi connectivity index (χ3n) is 4.99. The van der Waals surface area contributed by atoms with Crippen molar-refractivity contribution in [2.24, 2.45) is 0 Å². The Balaban J connectivity index is 1.57. The minimum absolute atomic E-state index is 0.210. The van der Waals surface area contributed by atoms with Crippen LogP contribution in [0.25, 0.3) is 20.5 Å². The molecule has 1 saturated heterocycles. The summed E-state index contributed by atoms with van der Waals surface area (Å²) in [5, 5.41) is 1.27. The molecule has 0 atom stereocenters. The fraction of sp³-hybridized carbons (Fsp3) is 0.174. The first-order valence-corrected chi connectivity index (χ1v) is 11.1. The van der Waals surface area contributed by atoms with Gasteiger partial charge in [0.2, 0.25) is 0 Å². The summed E-state index contributed by atoms with van der Waals surface area (Å²) in [4.78, 5) is 10.6. The van der Waals surface area contributed by atoms with Gasteiger partial charge in [0, 0.05) is 44.2 Å². The van der Waals surface area contributed by atoms with Crippen molar-refractivity contribution in [1.82, 2.24) is 4.98 Å². The molecule has 1 fully saturated rings. The number of aromatic nitrogens is 1. The molecule has 1 aliphatic rings. The van der Waals surface area contributed by atoms with Crippen LogP contribution in [0, 0.1) is 5.82 Å². The molecule has 0 radical (unpaired) electrons. The molecule has 2 nitrogen and oxygen atoms in total. The SMILES string of the molecule is Fc1ccc(Sc2cnc(N3CCCC3)c(-c3cc4ccccc4s3)c2)cc1. The molecule has 1 aliphatic heterocycles. The Morgan fingerprint density at radius 3 is 2.50 bits per heavy atom. The zero-order chi connectivity index (χ0) is 18.9. The molecular formula is C23H19FN2S2. The molecule has 3 heterocycles. The summed E-state index contributed by atoms with van der Waals surface area (Å²) < 4.78 is 14.5. The van der Waals surface area contributed by atoms with Crippen molar-refractivity contribution in [1.29, 1.82) is 0 Å². The van der Waals surface area contributed by atoms with Crippen LogP contribution < -0.4 is 4.90 Å². The van der Waals surface area contributed by atoms with Gasteiger partial charge in [0.05, 0.1) is 0 Å². The molecule has 0 aliphatic carbocycles. The van der Waals surface area contributed by atoms with E-state index in [0.29, 0.717) is 0 Å². The highest BCUT2D eigenvalue weighted by molar-refractivity contribution is 7.99. The van der Waals surface area contributed by atoms with Crippen LogP contribution in [0.5, 0.6) is 0 Å². The summed E-state index contributed by atoms with van der Waals surface area (Å²) in [5.74, 6) is 0.866. The van der Waals surface area contributed by atoms with Crippen molar-refractivity contribution in [3.63, 3.8) is 0 Å². The van der Waals surface area contributed by atoms with Crippen molar-refractivity contribution in [2.75, 3.05) is 18.0 Å². The predicted octanol–water partition coefficient (Wildman–Crippen LogP) is 6.85. The fourth-order valence-electron chi connectivity index (χ4n) is 3.61. The minimum Gasteiger partial charge on any atom is -0.356 e. The number of hydrogen-bond acceptors (Lipinski definition) is 4. The van der Waals surface area contributed by atoms with Crippen LogP contribution in [0.4, 0.5) is 10.2 Å². The first-order chi connectivity index (χ1) is 13.8. The second-order valence-corrected chi connectivity index (χ2v) is 9.17. The van der Waals surface area contributed by atoms with Crippen LogP contribution >= 0.6 is 23.1 Å². The highest BCUT2D eigenvalue weighted by Gasteiger charge is 2.20. The van der Waals surface area contributed by atoms with Gasteiger partial charge in [-0.15, -0.1) is 11.3 Å². The highest BCUT2D eigenvalue weighted by atomic mass is 32.2. The topological polar surface area (TPSA) is 16.1 Å². The van der Waals surface area contributed by atoms with E-state index in [0.717, 1.165) is 28.7 Å². The molecule has 0 N–H and O–H groups in total. The zero-order valence-electron chi connectivity index (χ0n) is 15.3. The van der Waals surface area contributed by atoms with Gasteiger partial charge in [-0.1, -0.05) is 30.0 Å². The summed E-state index contributed by atoms with van der Waals surface area (Å²) >= 11 is 3.43. The zero-order valence-corrected chi connectivity index (χ0v) is 16.9. The summed E-state index contributed by atoms with van der Waals surface area (Å²) in [5.41, 5.74) is 1.19. The van der Waals surface area contributed by atoms with Crippen LogP contribution in [-0.4, -0.2) is 18.1 Å². The first-order valence-electron chi connectivity index (χ1n) is 9.44. The van der Waals surface area contributed by atoms with Gasteiger partial charge in [-0.05, 0) is 60.7 Å². The van der Waals surface area contributed by atoms with E-state index in [9.17, 15) is 4.39 Å². The largest absolute Gasteiger partial charge is 0.356 e. The van der Waals surface area contributed by atoms with Gasteiger partial charge in [0.25, 0.3) is 0 Å².